The van der Waals surface area contributed by atoms with Crippen LogP contribution >= 0.6 is 0 Å². The van der Waals surface area contributed by atoms with Crippen LogP contribution < -0.4 is 15.2 Å². The number of benzene rings is 2. The van der Waals surface area contributed by atoms with Gasteiger partial charge >= 0.3 is 0 Å². The molecule has 1 amide bonds. The summed E-state index contributed by atoms with van der Waals surface area (Å²) in [5.41, 5.74) is 2.56. The fraction of sp³-hybridized carbons (Fsp3) is 0.182. The summed E-state index contributed by atoms with van der Waals surface area (Å²) in [5, 5.41) is 2.95. The molecule has 0 radical (unpaired) electrons. The first-order valence-electron chi connectivity index (χ1n) is 9.42. The number of aromatic amines is 1. The zero-order valence-corrected chi connectivity index (χ0v) is 16.9. The molecular formula is C22H21N5O3. The van der Waals surface area contributed by atoms with Crippen molar-refractivity contribution in [2.75, 3.05) is 12.0 Å². The van der Waals surface area contributed by atoms with E-state index in [0.717, 1.165) is 11.3 Å². The Labute approximate surface area is 172 Å². The maximum Gasteiger partial charge on any atom is 0.274 e. The van der Waals surface area contributed by atoms with Crippen LogP contribution in [0.3, 0.4) is 0 Å². The van der Waals surface area contributed by atoms with Gasteiger partial charge in [-0.2, -0.15) is 9.50 Å². The number of rotatable bonds is 5. The summed E-state index contributed by atoms with van der Waals surface area (Å²) in [4.78, 5) is 35.9. The quantitative estimate of drug-likeness (QED) is 0.553. The second-order valence-electron chi connectivity index (χ2n) is 7.00. The Bertz CT molecular complexity index is 1290. The highest BCUT2D eigenvalue weighted by Gasteiger charge is 2.21. The van der Waals surface area contributed by atoms with Gasteiger partial charge in [0.05, 0.1) is 13.7 Å². The Morgan fingerprint density at radius 3 is 2.67 bits per heavy atom. The van der Waals surface area contributed by atoms with Crippen LogP contribution in [0.4, 0.5) is 5.69 Å². The summed E-state index contributed by atoms with van der Waals surface area (Å²) >= 11 is 0. The first kappa shape index (κ1) is 19.4. The Morgan fingerprint density at radius 1 is 1.10 bits per heavy atom. The number of ether oxygens (including phenoxy) is 1. The Hall–Kier alpha value is -3.94. The highest BCUT2D eigenvalue weighted by molar-refractivity contribution is 6.06. The molecule has 30 heavy (non-hydrogen) atoms. The molecule has 4 rings (SSSR count). The van der Waals surface area contributed by atoms with Crippen LogP contribution in [0, 0.1) is 13.8 Å². The van der Waals surface area contributed by atoms with E-state index in [1.54, 1.807) is 43.2 Å². The lowest BCUT2D eigenvalue weighted by atomic mass is 10.1. The van der Waals surface area contributed by atoms with Gasteiger partial charge in [0, 0.05) is 23.0 Å². The van der Waals surface area contributed by atoms with E-state index in [1.807, 2.05) is 31.2 Å². The van der Waals surface area contributed by atoms with Crippen LogP contribution in [-0.4, -0.2) is 32.6 Å². The first-order chi connectivity index (χ1) is 14.4. The van der Waals surface area contributed by atoms with Gasteiger partial charge < -0.3 is 9.64 Å². The number of amides is 1. The average molecular weight is 403 g/mol. The fourth-order valence-corrected chi connectivity index (χ4v) is 3.25. The number of aromatic nitrogens is 4. The van der Waals surface area contributed by atoms with E-state index < -0.39 is 0 Å². The van der Waals surface area contributed by atoms with Crippen molar-refractivity contribution >= 4 is 17.4 Å². The molecule has 0 bridgehead atoms. The molecule has 4 aromatic rings. The summed E-state index contributed by atoms with van der Waals surface area (Å²) in [7, 11) is 1.56. The van der Waals surface area contributed by atoms with Crippen molar-refractivity contribution in [2.45, 2.75) is 20.4 Å². The van der Waals surface area contributed by atoms with Crippen LogP contribution in [0.5, 0.6) is 5.75 Å². The van der Waals surface area contributed by atoms with E-state index in [1.165, 1.54) is 10.6 Å². The molecule has 0 fully saturated rings. The first-order valence-corrected chi connectivity index (χ1v) is 9.42. The van der Waals surface area contributed by atoms with Crippen molar-refractivity contribution in [2.24, 2.45) is 0 Å². The number of aryl methyl sites for hydroxylation is 2. The molecule has 2 heterocycles. The van der Waals surface area contributed by atoms with Crippen LogP contribution in [0.15, 0.2) is 59.4 Å². The zero-order chi connectivity index (χ0) is 21.3. The second kappa shape index (κ2) is 7.82. The summed E-state index contributed by atoms with van der Waals surface area (Å²) in [6.45, 7) is 3.84. The van der Waals surface area contributed by atoms with Crippen molar-refractivity contribution in [3.8, 4) is 5.75 Å². The van der Waals surface area contributed by atoms with E-state index in [4.69, 9.17) is 4.74 Å². The monoisotopic (exact) mass is 403 g/mol. The lowest BCUT2D eigenvalue weighted by Gasteiger charge is -2.22. The van der Waals surface area contributed by atoms with Crippen LogP contribution in [0.25, 0.3) is 5.78 Å². The standard InChI is InChI=1S/C22H21N5O3/c1-14-6-4-8-17(10-14)26(21(29)16-7-5-9-18(12-16)30-3)13-19-24-22-23-15(2)11-20(28)27(22)25-19/h4-12H,13H2,1-3H3,(H,23,24,25). The Morgan fingerprint density at radius 2 is 1.90 bits per heavy atom. The van der Waals surface area contributed by atoms with E-state index in [0.29, 0.717) is 22.8 Å². The number of nitrogens with zero attached hydrogens (tertiary/aromatic N) is 4. The summed E-state index contributed by atoms with van der Waals surface area (Å²) in [6, 6.07) is 16.1. The molecule has 0 saturated heterocycles. The minimum atomic E-state index is -0.252. The van der Waals surface area contributed by atoms with Gasteiger partial charge in [-0.15, -0.1) is 0 Å². The van der Waals surface area contributed by atoms with E-state index in [-0.39, 0.29) is 23.8 Å². The van der Waals surface area contributed by atoms with Gasteiger partial charge in [-0.3, -0.25) is 14.7 Å². The number of carbonyl (C=O) groups excluding carboxylic acids is 1. The van der Waals surface area contributed by atoms with Gasteiger partial charge in [-0.1, -0.05) is 18.2 Å². The molecule has 0 aliphatic heterocycles. The molecule has 152 valence electrons. The zero-order valence-electron chi connectivity index (χ0n) is 16.9. The number of anilines is 1. The molecule has 0 saturated carbocycles. The highest BCUT2D eigenvalue weighted by atomic mass is 16.5. The highest BCUT2D eigenvalue weighted by Crippen LogP contribution is 2.22. The van der Waals surface area contributed by atoms with Crippen LogP contribution in [0.2, 0.25) is 0 Å². The normalized spacial score (nSPS) is 10.9. The number of hydrogen-bond donors (Lipinski definition) is 1. The van der Waals surface area contributed by atoms with E-state index in [9.17, 15) is 9.59 Å². The summed E-state index contributed by atoms with van der Waals surface area (Å²) in [6.07, 6.45) is 0. The van der Waals surface area contributed by atoms with Crippen molar-refractivity contribution in [3.05, 3.63) is 87.6 Å². The molecule has 8 nitrogen and oxygen atoms in total. The molecule has 0 atom stereocenters. The largest absolute Gasteiger partial charge is 0.497 e. The second-order valence-corrected chi connectivity index (χ2v) is 7.00. The molecule has 0 spiro atoms. The lowest BCUT2D eigenvalue weighted by molar-refractivity contribution is 0.0984. The van der Waals surface area contributed by atoms with Crippen molar-refractivity contribution < 1.29 is 9.53 Å². The van der Waals surface area contributed by atoms with Gasteiger partial charge in [-0.05, 0) is 49.7 Å². The third-order valence-corrected chi connectivity index (χ3v) is 4.69. The Balaban J connectivity index is 1.77. The van der Waals surface area contributed by atoms with Crippen molar-refractivity contribution in [1.29, 1.82) is 0 Å². The lowest BCUT2D eigenvalue weighted by Crippen LogP contribution is -2.31. The minimum Gasteiger partial charge on any atom is -0.497 e. The summed E-state index contributed by atoms with van der Waals surface area (Å²) in [5.74, 6) is 1.10. The molecule has 2 aromatic carbocycles. The third-order valence-electron chi connectivity index (χ3n) is 4.69. The van der Waals surface area contributed by atoms with Gasteiger partial charge in [0.25, 0.3) is 17.2 Å². The van der Waals surface area contributed by atoms with E-state index >= 15 is 0 Å². The molecule has 0 aliphatic rings. The third kappa shape index (κ3) is 3.80. The Kier molecular flexibility index (Phi) is 5.05. The predicted octanol–water partition coefficient (Wildman–Crippen LogP) is 2.89. The predicted molar refractivity (Wildman–Crippen MR) is 113 cm³/mol. The summed E-state index contributed by atoms with van der Waals surface area (Å²) < 4.78 is 6.53. The number of carbonyl (C=O) groups is 1. The number of nitrogens with one attached hydrogen (secondary N) is 1. The minimum absolute atomic E-state index is 0.140. The van der Waals surface area contributed by atoms with Crippen molar-refractivity contribution in [3.63, 3.8) is 0 Å². The smallest absolute Gasteiger partial charge is 0.274 e. The molecule has 0 unspecified atom stereocenters. The van der Waals surface area contributed by atoms with Crippen LogP contribution in [-0.2, 0) is 6.54 Å². The molecular weight excluding hydrogens is 382 g/mol. The molecule has 8 heteroatoms. The fourth-order valence-electron chi connectivity index (χ4n) is 3.25. The number of H-pyrrole nitrogens is 1. The van der Waals surface area contributed by atoms with Gasteiger partial charge in [0.15, 0.2) is 0 Å². The van der Waals surface area contributed by atoms with Crippen LogP contribution in [0.1, 0.15) is 27.4 Å². The van der Waals surface area contributed by atoms with Gasteiger partial charge in [0.2, 0.25) is 0 Å². The topological polar surface area (TPSA) is 92.6 Å². The van der Waals surface area contributed by atoms with E-state index in [2.05, 4.69) is 15.1 Å². The molecule has 0 aliphatic carbocycles. The number of fused-ring (bicyclic) bond motifs is 1. The number of hydrogen-bond acceptors (Lipinski definition) is 5. The maximum absolute atomic E-state index is 13.4. The SMILES string of the molecule is COc1cccc(C(=O)N(Cc2nc3nc(C)cc(=O)n3[nH]2)c2cccc(C)c2)c1. The van der Waals surface area contributed by atoms with Gasteiger partial charge in [0.1, 0.15) is 11.6 Å². The van der Waals surface area contributed by atoms with Gasteiger partial charge in [-0.25, -0.2) is 4.98 Å². The maximum atomic E-state index is 13.4. The van der Waals surface area contributed by atoms with Crippen molar-refractivity contribution in [1.82, 2.24) is 19.6 Å². The molecule has 1 N–H and O–H groups in total. The molecule has 2 aromatic heterocycles. The number of methoxy groups -OCH3 is 1. The average Bonchev–Trinajstić information content (AvgIpc) is 3.14.